The summed E-state index contributed by atoms with van der Waals surface area (Å²) in [6.45, 7) is 3.06. The SMILES string of the molecule is C=C(O)C[C@@H](COC(=O)Nc1cc(-c2cccc(F)c2)no1)N(C)C(=O)NCc1cccc(F)c1Cl. The molecule has 2 aromatic carbocycles. The minimum absolute atomic E-state index is 0.0413. The van der Waals surface area contributed by atoms with Crippen LogP contribution in [0, 0.1) is 11.6 Å². The smallest absolute Gasteiger partial charge is 0.414 e. The van der Waals surface area contributed by atoms with Crippen LogP contribution in [0.5, 0.6) is 0 Å². The number of amides is 3. The molecule has 3 N–H and O–H groups in total. The molecule has 12 heteroatoms. The van der Waals surface area contributed by atoms with Crippen molar-refractivity contribution in [2.45, 2.75) is 19.0 Å². The summed E-state index contributed by atoms with van der Waals surface area (Å²) < 4.78 is 37.2. The van der Waals surface area contributed by atoms with Gasteiger partial charge in [0, 0.05) is 31.6 Å². The van der Waals surface area contributed by atoms with Gasteiger partial charge in [0.05, 0.1) is 16.8 Å². The van der Waals surface area contributed by atoms with Crippen molar-refractivity contribution < 1.29 is 32.7 Å². The molecule has 0 aliphatic heterocycles. The molecule has 0 unspecified atom stereocenters. The lowest BCUT2D eigenvalue weighted by Gasteiger charge is -2.27. The molecule has 1 heterocycles. The lowest BCUT2D eigenvalue weighted by atomic mass is 10.1. The summed E-state index contributed by atoms with van der Waals surface area (Å²) in [7, 11) is 1.43. The normalized spacial score (nSPS) is 11.4. The highest BCUT2D eigenvalue weighted by Crippen LogP contribution is 2.23. The van der Waals surface area contributed by atoms with Crippen molar-refractivity contribution in [2.75, 3.05) is 19.0 Å². The lowest BCUT2D eigenvalue weighted by molar-refractivity contribution is 0.112. The van der Waals surface area contributed by atoms with Crippen LogP contribution < -0.4 is 10.6 Å². The third-order valence-corrected chi connectivity index (χ3v) is 5.49. The predicted molar refractivity (Wildman–Crippen MR) is 128 cm³/mol. The van der Waals surface area contributed by atoms with Crippen LogP contribution in [0.2, 0.25) is 5.02 Å². The Morgan fingerprint density at radius 1 is 1.25 bits per heavy atom. The molecule has 1 aromatic heterocycles. The van der Waals surface area contributed by atoms with E-state index in [1.54, 1.807) is 12.1 Å². The standard InChI is InChI=1S/C24H23ClF2N4O5/c1-14(32)9-18(31(2)23(33)28-12-16-6-4-8-19(27)22(16)25)13-35-24(34)29-21-11-20(30-36-21)15-5-3-7-17(26)10-15/h3-8,10-11,18,32H,1,9,12-13H2,2H3,(H,28,33)(H,29,34)/t18-/m0/s1. The van der Waals surface area contributed by atoms with Gasteiger partial charge in [-0.1, -0.05) is 47.6 Å². The number of anilines is 1. The number of aromatic nitrogens is 1. The Bertz CT molecular complexity index is 1250. The molecule has 1 atom stereocenters. The Hall–Kier alpha value is -4.12. The fraction of sp³-hybridized carbons (Fsp3) is 0.208. The molecule has 3 amide bonds. The van der Waals surface area contributed by atoms with Gasteiger partial charge in [0.25, 0.3) is 0 Å². The summed E-state index contributed by atoms with van der Waals surface area (Å²) in [5.74, 6) is -1.33. The number of nitrogens with zero attached hydrogens (tertiary/aromatic N) is 2. The van der Waals surface area contributed by atoms with Gasteiger partial charge >= 0.3 is 12.1 Å². The first-order valence-electron chi connectivity index (χ1n) is 10.6. The molecule has 3 aromatic rings. The largest absolute Gasteiger partial charge is 0.513 e. The van der Waals surface area contributed by atoms with Crippen LogP contribution in [-0.2, 0) is 11.3 Å². The van der Waals surface area contributed by atoms with Crippen molar-refractivity contribution in [3.63, 3.8) is 0 Å². The molecule has 0 saturated heterocycles. The quantitative estimate of drug-likeness (QED) is 0.321. The number of ether oxygens (including phenoxy) is 1. The molecule has 0 radical (unpaired) electrons. The van der Waals surface area contributed by atoms with Gasteiger partial charge < -0.3 is 24.6 Å². The highest BCUT2D eigenvalue weighted by atomic mass is 35.5. The van der Waals surface area contributed by atoms with Crippen molar-refractivity contribution in [1.82, 2.24) is 15.4 Å². The fourth-order valence-electron chi connectivity index (χ4n) is 3.15. The van der Waals surface area contributed by atoms with Crippen LogP contribution in [0.3, 0.4) is 0 Å². The van der Waals surface area contributed by atoms with Gasteiger partial charge in [0.1, 0.15) is 23.9 Å². The van der Waals surface area contributed by atoms with Gasteiger partial charge in [0.2, 0.25) is 5.88 Å². The van der Waals surface area contributed by atoms with Crippen molar-refractivity contribution in [2.24, 2.45) is 0 Å². The molecule has 0 bridgehead atoms. The van der Waals surface area contributed by atoms with Crippen molar-refractivity contribution in [1.29, 1.82) is 0 Å². The zero-order valence-corrected chi connectivity index (χ0v) is 19.9. The van der Waals surface area contributed by atoms with E-state index in [0.29, 0.717) is 16.8 Å². The number of aliphatic hydroxyl groups is 1. The second-order valence-corrected chi connectivity index (χ2v) is 8.09. The van der Waals surface area contributed by atoms with Gasteiger partial charge in [-0.2, -0.15) is 0 Å². The number of hydrogen-bond donors (Lipinski definition) is 3. The Labute approximate surface area is 210 Å². The van der Waals surface area contributed by atoms with E-state index in [0.717, 1.165) is 0 Å². The number of likely N-dealkylation sites (N-methyl/N-ethyl adjacent to an activating group) is 1. The molecule has 3 rings (SSSR count). The zero-order valence-electron chi connectivity index (χ0n) is 19.1. The average Bonchev–Trinajstić information content (AvgIpc) is 3.30. The zero-order chi connectivity index (χ0) is 26.2. The van der Waals surface area contributed by atoms with E-state index in [2.05, 4.69) is 22.4 Å². The van der Waals surface area contributed by atoms with E-state index >= 15 is 0 Å². The summed E-state index contributed by atoms with van der Waals surface area (Å²) in [4.78, 5) is 26.0. The first-order chi connectivity index (χ1) is 17.1. The van der Waals surface area contributed by atoms with Crippen molar-refractivity contribution in [3.8, 4) is 11.3 Å². The first-order valence-corrected chi connectivity index (χ1v) is 11.0. The number of urea groups is 1. The second-order valence-electron chi connectivity index (χ2n) is 7.72. The maximum absolute atomic E-state index is 13.6. The minimum Gasteiger partial charge on any atom is -0.513 e. The highest BCUT2D eigenvalue weighted by Gasteiger charge is 2.23. The fourth-order valence-corrected chi connectivity index (χ4v) is 3.35. The van der Waals surface area contributed by atoms with Crippen LogP contribution in [0.4, 0.5) is 24.3 Å². The van der Waals surface area contributed by atoms with E-state index in [4.69, 9.17) is 20.9 Å². The molecule has 0 aliphatic rings. The van der Waals surface area contributed by atoms with Crippen molar-refractivity contribution >= 4 is 29.6 Å². The lowest BCUT2D eigenvalue weighted by Crippen LogP contribution is -2.46. The molecule has 0 spiro atoms. The van der Waals surface area contributed by atoms with Gasteiger partial charge in [-0.25, -0.2) is 18.4 Å². The number of rotatable bonds is 9. The molecule has 36 heavy (non-hydrogen) atoms. The molecule has 0 aliphatic carbocycles. The average molecular weight is 521 g/mol. The molecular weight excluding hydrogens is 498 g/mol. The van der Waals surface area contributed by atoms with Gasteiger partial charge in [-0.05, 0) is 23.8 Å². The third-order valence-electron chi connectivity index (χ3n) is 5.06. The molecular formula is C24H23ClF2N4O5. The predicted octanol–water partition coefficient (Wildman–Crippen LogP) is 5.49. The van der Waals surface area contributed by atoms with Gasteiger partial charge in [0.15, 0.2) is 0 Å². The number of nitrogens with one attached hydrogen (secondary N) is 2. The van der Waals surface area contributed by atoms with E-state index in [-0.39, 0.29) is 36.2 Å². The Morgan fingerprint density at radius 2 is 2.00 bits per heavy atom. The monoisotopic (exact) mass is 520 g/mol. The van der Waals surface area contributed by atoms with Gasteiger partial charge in [-0.15, -0.1) is 0 Å². The summed E-state index contributed by atoms with van der Waals surface area (Å²) in [6, 6.07) is 9.93. The van der Waals surface area contributed by atoms with Gasteiger partial charge in [-0.3, -0.25) is 5.32 Å². The summed E-state index contributed by atoms with van der Waals surface area (Å²) in [6.07, 6.45) is -0.991. The van der Waals surface area contributed by atoms with Crippen LogP contribution in [0.25, 0.3) is 11.3 Å². The van der Waals surface area contributed by atoms with E-state index in [1.165, 1.54) is 48.3 Å². The molecule has 9 nitrogen and oxygen atoms in total. The first kappa shape index (κ1) is 26.5. The Morgan fingerprint density at radius 3 is 2.72 bits per heavy atom. The van der Waals surface area contributed by atoms with E-state index in [1.807, 2.05) is 0 Å². The number of carbonyl (C=O) groups excluding carboxylic acids is 2. The van der Waals surface area contributed by atoms with Crippen LogP contribution >= 0.6 is 11.6 Å². The van der Waals surface area contributed by atoms with Crippen LogP contribution in [0.15, 0.2) is 65.4 Å². The maximum Gasteiger partial charge on any atom is 0.414 e. The van der Waals surface area contributed by atoms with E-state index in [9.17, 15) is 23.5 Å². The summed E-state index contributed by atoms with van der Waals surface area (Å²) >= 11 is 5.90. The number of benzene rings is 2. The van der Waals surface area contributed by atoms with E-state index < -0.39 is 29.8 Å². The number of hydrogen-bond acceptors (Lipinski definition) is 6. The highest BCUT2D eigenvalue weighted by molar-refractivity contribution is 6.31. The van der Waals surface area contributed by atoms with Crippen LogP contribution in [-0.4, -0.2) is 47.0 Å². The van der Waals surface area contributed by atoms with Crippen molar-refractivity contribution in [3.05, 3.63) is 83.1 Å². The summed E-state index contributed by atoms with van der Waals surface area (Å²) in [5, 5.41) is 18.2. The minimum atomic E-state index is -0.911. The number of halogens is 3. The Kier molecular flexibility index (Phi) is 8.85. The third kappa shape index (κ3) is 7.19. The topological polar surface area (TPSA) is 117 Å². The molecule has 0 saturated carbocycles. The Balaban J connectivity index is 1.56. The second kappa shape index (κ2) is 12.0. The number of aliphatic hydroxyl groups excluding tert-OH is 1. The summed E-state index contributed by atoms with van der Waals surface area (Å²) in [5.41, 5.74) is 1.13. The maximum atomic E-state index is 13.6. The number of carbonyl (C=O) groups is 2. The van der Waals surface area contributed by atoms with Crippen LogP contribution in [0.1, 0.15) is 12.0 Å². The molecule has 0 fully saturated rings. The molecule has 190 valence electrons.